The highest BCUT2D eigenvalue weighted by atomic mass is 16.5. The molecule has 34 heavy (non-hydrogen) atoms. The van der Waals surface area contributed by atoms with Crippen LogP contribution in [0, 0.1) is 0 Å². The Bertz CT molecular complexity index is 993. The van der Waals surface area contributed by atoms with Crippen LogP contribution in [-0.2, 0) is 9.59 Å². The van der Waals surface area contributed by atoms with E-state index in [2.05, 4.69) is 10.6 Å². The van der Waals surface area contributed by atoms with E-state index in [9.17, 15) is 9.59 Å². The van der Waals surface area contributed by atoms with Gasteiger partial charge in [-0.25, -0.2) is 0 Å². The molecule has 8 nitrogen and oxygen atoms in total. The maximum atomic E-state index is 12.5. The molecule has 3 aromatic rings. The van der Waals surface area contributed by atoms with Crippen molar-refractivity contribution < 1.29 is 28.5 Å². The average Bonchev–Trinajstić information content (AvgIpc) is 2.86. The van der Waals surface area contributed by atoms with E-state index in [1.165, 1.54) is 0 Å². The van der Waals surface area contributed by atoms with E-state index in [4.69, 9.17) is 18.9 Å². The lowest BCUT2D eigenvalue weighted by Crippen LogP contribution is -2.30. The second-order valence-electron chi connectivity index (χ2n) is 7.43. The Morgan fingerprint density at radius 1 is 0.559 bits per heavy atom. The minimum Gasteiger partial charge on any atom is -0.497 e. The van der Waals surface area contributed by atoms with Crippen LogP contribution >= 0.6 is 0 Å². The van der Waals surface area contributed by atoms with Crippen LogP contribution in [0.3, 0.4) is 0 Å². The van der Waals surface area contributed by atoms with Gasteiger partial charge in [0.25, 0.3) is 11.8 Å². The highest BCUT2D eigenvalue weighted by Crippen LogP contribution is 2.20. The van der Waals surface area contributed by atoms with Crippen LogP contribution < -0.4 is 29.6 Å². The second kappa shape index (κ2) is 11.6. The van der Waals surface area contributed by atoms with Crippen LogP contribution in [-0.4, -0.2) is 38.2 Å². The summed E-state index contributed by atoms with van der Waals surface area (Å²) in [6.45, 7) is 3.33. The SMILES string of the molecule is COc1ccc(O[C@H](C)C(=O)Nc2ccc(NC(=O)[C@@H](C)Oc3ccc(OC)cc3)cc2)cc1. The van der Waals surface area contributed by atoms with Gasteiger partial charge in [0.15, 0.2) is 12.2 Å². The van der Waals surface area contributed by atoms with Gasteiger partial charge in [-0.3, -0.25) is 9.59 Å². The van der Waals surface area contributed by atoms with E-state index < -0.39 is 12.2 Å². The summed E-state index contributed by atoms with van der Waals surface area (Å²) >= 11 is 0. The van der Waals surface area contributed by atoms with Gasteiger partial charge in [0.2, 0.25) is 0 Å². The number of hydrogen-bond acceptors (Lipinski definition) is 6. The number of carbonyl (C=O) groups excluding carboxylic acids is 2. The minimum absolute atomic E-state index is 0.297. The summed E-state index contributed by atoms with van der Waals surface area (Å²) in [6, 6.07) is 20.8. The molecule has 3 aromatic carbocycles. The van der Waals surface area contributed by atoms with Crippen molar-refractivity contribution in [2.75, 3.05) is 24.9 Å². The van der Waals surface area contributed by atoms with Crippen molar-refractivity contribution in [1.29, 1.82) is 0 Å². The summed E-state index contributed by atoms with van der Waals surface area (Å²) in [6.07, 6.45) is -1.41. The predicted octanol–water partition coefficient (Wildman–Crippen LogP) is 4.52. The first-order chi connectivity index (χ1) is 16.4. The summed E-state index contributed by atoms with van der Waals surface area (Å²) in [4.78, 5) is 24.9. The Morgan fingerprint density at radius 2 is 0.853 bits per heavy atom. The highest BCUT2D eigenvalue weighted by Gasteiger charge is 2.17. The number of benzene rings is 3. The number of carbonyl (C=O) groups is 2. The number of methoxy groups -OCH3 is 2. The summed E-state index contributed by atoms with van der Waals surface area (Å²) in [5.41, 5.74) is 1.16. The molecule has 2 amide bonds. The molecule has 0 aliphatic heterocycles. The van der Waals surface area contributed by atoms with Gasteiger partial charge in [0.05, 0.1) is 14.2 Å². The van der Waals surface area contributed by atoms with E-state index in [1.807, 2.05) is 0 Å². The van der Waals surface area contributed by atoms with Crippen molar-refractivity contribution in [3.63, 3.8) is 0 Å². The Labute approximate surface area is 198 Å². The smallest absolute Gasteiger partial charge is 0.265 e. The largest absolute Gasteiger partial charge is 0.497 e. The maximum Gasteiger partial charge on any atom is 0.265 e. The van der Waals surface area contributed by atoms with Gasteiger partial charge in [0.1, 0.15) is 23.0 Å². The Kier molecular flexibility index (Phi) is 8.34. The summed E-state index contributed by atoms with van der Waals surface area (Å²) in [7, 11) is 3.17. The fraction of sp³-hybridized carbons (Fsp3) is 0.231. The van der Waals surface area contributed by atoms with E-state index in [0.29, 0.717) is 34.4 Å². The lowest BCUT2D eigenvalue weighted by Gasteiger charge is -2.16. The van der Waals surface area contributed by atoms with Crippen LogP contribution in [0.25, 0.3) is 0 Å². The molecule has 178 valence electrons. The molecular formula is C26H28N2O6. The van der Waals surface area contributed by atoms with E-state index in [1.54, 1.807) is 101 Å². The van der Waals surface area contributed by atoms with Crippen molar-refractivity contribution in [1.82, 2.24) is 0 Å². The zero-order valence-corrected chi connectivity index (χ0v) is 19.5. The molecule has 0 heterocycles. The maximum absolute atomic E-state index is 12.5. The molecule has 0 saturated carbocycles. The normalized spacial score (nSPS) is 12.1. The molecule has 0 spiro atoms. The van der Waals surface area contributed by atoms with Gasteiger partial charge >= 0.3 is 0 Å². The molecule has 0 aliphatic carbocycles. The summed E-state index contributed by atoms with van der Waals surface area (Å²) < 4.78 is 21.6. The topological polar surface area (TPSA) is 95.1 Å². The lowest BCUT2D eigenvalue weighted by atomic mass is 10.2. The van der Waals surface area contributed by atoms with Gasteiger partial charge in [-0.2, -0.15) is 0 Å². The molecule has 0 saturated heterocycles. The van der Waals surface area contributed by atoms with Crippen LogP contribution in [0.2, 0.25) is 0 Å². The van der Waals surface area contributed by atoms with Crippen molar-refractivity contribution >= 4 is 23.2 Å². The summed E-state index contributed by atoms with van der Waals surface area (Å²) in [5, 5.41) is 5.59. The Hall–Kier alpha value is -4.20. The van der Waals surface area contributed by atoms with Gasteiger partial charge in [-0.15, -0.1) is 0 Å². The van der Waals surface area contributed by atoms with Crippen LogP contribution in [0.1, 0.15) is 13.8 Å². The number of hydrogen-bond donors (Lipinski definition) is 2. The van der Waals surface area contributed by atoms with Crippen molar-refractivity contribution in [2.45, 2.75) is 26.1 Å². The van der Waals surface area contributed by atoms with Crippen molar-refractivity contribution in [3.8, 4) is 23.0 Å². The van der Waals surface area contributed by atoms with Gasteiger partial charge in [0, 0.05) is 11.4 Å². The predicted molar refractivity (Wildman–Crippen MR) is 130 cm³/mol. The molecule has 3 rings (SSSR count). The van der Waals surface area contributed by atoms with E-state index in [0.717, 1.165) is 0 Å². The molecule has 2 atom stereocenters. The van der Waals surface area contributed by atoms with Gasteiger partial charge in [-0.05, 0) is 86.6 Å². The molecule has 0 unspecified atom stereocenters. The van der Waals surface area contributed by atoms with E-state index >= 15 is 0 Å². The third-order valence-corrected chi connectivity index (χ3v) is 4.90. The average molecular weight is 465 g/mol. The summed E-state index contributed by atoms with van der Waals surface area (Å²) in [5.74, 6) is 1.94. The first-order valence-corrected chi connectivity index (χ1v) is 10.7. The molecule has 2 N–H and O–H groups in total. The number of amides is 2. The minimum atomic E-state index is -0.705. The molecule has 0 aliphatic rings. The fourth-order valence-corrected chi connectivity index (χ4v) is 2.95. The lowest BCUT2D eigenvalue weighted by molar-refractivity contribution is -0.122. The zero-order chi connectivity index (χ0) is 24.5. The monoisotopic (exact) mass is 464 g/mol. The van der Waals surface area contributed by atoms with Crippen LogP contribution in [0.15, 0.2) is 72.8 Å². The number of anilines is 2. The first kappa shape index (κ1) is 24.4. The molecule has 0 aromatic heterocycles. The third kappa shape index (κ3) is 6.90. The quantitative estimate of drug-likeness (QED) is 0.458. The molecular weight excluding hydrogens is 436 g/mol. The van der Waals surface area contributed by atoms with Crippen molar-refractivity contribution in [2.24, 2.45) is 0 Å². The van der Waals surface area contributed by atoms with Gasteiger partial charge in [-0.1, -0.05) is 0 Å². The van der Waals surface area contributed by atoms with Crippen molar-refractivity contribution in [3.05, 3.63) is 72.8 Å². The number of rotatable bonds is 10. The molecule has 0 fully saturated rings. The molecule has 0 bridgehead atoms. The standard InChI is InChI=1S/C26H28N2O6/c1-17(33-23-13-9-21(31-3)10-14-23)25(29)27-19-5-7-20(8-6-19)28-26(30)18(2)34-24-15-11-22(32-4)12-16-24/h5-18H,1-4H3,(H,27,29)(H,28,30)/t17-,18-/m1/s1. The zero-order valence-electron chi connectivity index (χ0n) is 19.5. The van der Waals surface area contributed by atoms with Crippen LogP contribution in [0.5, 0.6) is 23.0 Å². The first-order valence-electron chi connectivity index (χ1n) is 10.7. The third-order valence-electron chi connectivity index (χ3n) is 4.90. The Morgan fingerprint density at radius 3 is 1.15 bits per heavy atom. The number of ether oxygens (including phenoxy) is 4. The fourth-order valence-electron chi connectivity index (χ4n) is 2.95. The van der Waals surface area contributed by atoms with Crippen LogP contribution in [0.4, 0.5) is 11.4 Å². The van der Waals surface area contributed by atoms with E-state index in [-0.39, 0.29) is 11.8 Å². The second-order valence-corrected chi connectivity index (χ2v) is 7.43. The molecule has 0 radical (unpaired) electrons. The Balaban J connectivity index is 1.49. The molecule has 8 heteroatoms. The highest BCUT2D eigenvalue weighted by molar-refractivity contribution is 5.96. The number of nitrogens with one attached hydrogen (secondary N) is 2. The van der Waals surface area contributed by atoms with Gasteiger partial charge < -0.3 is 29.6 Å².